The van der Waals surface area contributed by atoms with E-state index in [2.05, 4.69) is 21.2 Å². The number of halogens is 1. The van der Waals surface area contributed by atoms with Crippen molar-refractivity contribution in [3.8, 4) is 0 Å². The molecule has 1 atom stereocenters. The summed E-state index contributed by atoms with van der Waals surface area (Å²) in [4.78, 5) is 22.7. The second kappa shape index (κ2) is 6.54. The summed E-state index contributed by atoms with van der Waals surface area (Å²) in [5.41, 5.74) is 0.522. The van der Waals surface area contributed by atoms with Crippen LogP contribution < -0.4 is 5.32 Å². The van der Waals surface area contributed by atoms with Crippen molar-refractivity contribution in [3.63, 3.8) is 0 Å². The summed E-state index contributed by atoms with van der Waals surface area (Å²) in [6.45, 7) is 3.77. The average Bonchev–Trinajstić information content (AvgIpc) is 2.28. The fraction of sp³-hybridized carbons (Fsp3) is 0.385. The van der Waals surface area contributed by atoms with Crippen LogP contribution in [0, 0.1) is 5.92 Å². The van der Waals surface area contributed by atoms with Crippen LogP contribution in [0.2, 0.25) is 0 Å². The molecule has 0 aromatic heterocycles. The van der Waals surface area contributed by atoms with Crippen molar-refractivity contribution in [2.75, 3.05) is 0 Å². The molecule has 0 saturated heterocycles. The average molecular weight is 314 g/mol. The monoisotopic (exact) mass is 313 g/mol. The maximum atomic E-state index is 11.9. The second-order valence-electron chi connectivity index (χ2n) is 4.43. The molecule has 0 aliphatic carbocycles. The van der Waals surface area contributed by atoms with Crippen LogP contribution >= 0.6 is 15.9 Å². The Morgan fingerprint density at radius 2 is 1.83 bits per heavy atom. The van der Waals surface area contributed by atoms with Gasteiger partial charge in [0.25, 0.3) is 5.91 Å². The Balaban J connectivity index is 2.72. The van der Waals surface area contributed by atoms with Crippen molar-refractivity contribution in [2.45, 2.75) is 26.3 Å². The van der Waals surface area contributed by atoms with Crippen LogP contribution in [0.3, 0.4) is 0 Å². The lowest BCUT2D eigenvalue weighted by atomic mass is 10.0. The van der Waals surface area contributed by atoms with E-state index in [9.17, 15) is 9.59 Å². The van der Waals surface area contributed by atoms with E-state index in [0.717, 1.165) is 4.47 Å². The Labute approximate surface area is 115 Å². The van der Waals surface area contributed by atoms with Crippen LogP contribution in [0.1, 0.15) is 30.6 Å². The summed E-state index contributed by atoms with van der Waals surface area (Å²) >= 11 is 3.29. The number of benzene rings is 1. The zero-order chi connectivity index (χ0) is 13.7. The van der Waals surface area contributed by atoms with E-state index < -0.39 is 5.97 Å². The van der Waals surface area contributed by atoms with Crippen molar-refractivity contribution >= 4 is 27.8 Å². The molecule has 1 aromatic rings. The first-order valence-corrected chi connectivity index (χ1v) is 6.47. The van der Waals surface area contributed by atoms with Crippen molar-refractivity contribution in [1.82, 2.24) is 5.32 Å². The highest BCUT2D eigenvalue weighted by molar-refractivity contribution is 9.10. The number of amides is 1. The SMILES string of the molecule is CC(C)C(CC(=O)O)NC(=O)c1ccc(Br)cc1. The quantitative estimate of drug-likeness (QED) is 0.878. The molecule has 4 nitrogen and oxygen atoms in total. The lowest BCUT2D eigenvalue weighted by molar-refractivity contribution is -0.137. The number of aliphatic carboxylic acids is 1. The first-order chi connectivity index (χ1) is 8.40. The molecule has 1 unspecified atom stereocenters. The topological polar surface area (TPSA) is 66.4 Å². The summed E-state index contributed by atoms with van der Waals surface area (Å²) in [5.74, 6) is -1.09. The zero-order valence-electron chi connectivity index (χ0n) is 10.3. The number of hydrogen-bond donors (Lipinski definition) is 2. The van der Waals surface area contributed by atoms with Gasteiger partial charge in [-0.25, -0.2) is 0 Å². The fourth-order valence-corrected chi connectivity index (χ4v) is 1.76. The molecule has 0 spiro atoms. The molecule has 2 N–H and O–H groups in total. The minimum atomic E-state index is -0.912. The fourth-order valence-electron chi connectivity index (χ4n) is 1.49. The van der Waals surface area contributed by atoms with E-state index in [0.29, 0.717) is 5.56 Å². The van der Waals surface area contributed by atoms with E-state index in [1.54, 1.807) is 24.3 Å². The number of carbonyl (C=O) groups is 2. The summed E-state index contributed by atoms with van der Waals surface area (Å²) in [6.07, 6.45) is -0.0695. The van der Waals surface area contributed by atoms with Gasteiger partial charge < -0.3 is 10.4 Å². The predicted octanol–water partition coefficient (Wildman–Crippen LogP) is 2.68. The molecule has 5 heteroatoms. The molecule has 0 radical (unpaired) electrons. The number of nitrogens with one attached hydrogen (secondary N) is 1. The Hall–Kier alpha value is -1.36. The smallest absolute Gasteiger partial charge is 0.305 e. The normalized spacial score (nSPS) is 12.2. The molecule has 0 aliphatic heterocycles. The first-order valence-electron chi connectivity index (χ1n) is 5.68. The Morgan fingerprint density at radius 3 is 2.28 bits per heavy atom. The lowest BCUT2D eigenvalue weighted by Crippen LogP contribution is -2.40. The standard InChI is InChI=1S/C13H16BrNO3/c1-8(2)11(7-12(16)17)15-13(18)9-3-5-10(14)6-4-9/h3-6,8,11H,7H2,1-2H3,(H,15,18)(H,16,17). The number of carboxylic acid groups (broad SMARTS) is 1. The highest BCUT2D eigenvalue weighted by Crippen LogP contribution is 2.12. The van der Waals surface area contributed by atoms with E-state index in [1.807, 2.05) is 13.8 Å². The number of rotatable bonds is 5. The zero-order valence-corrected chi connectivity index (χ0v) is 11.9. The minimum absolute atomic E-state index is 0.0695. The molecule has 1 rings (SSSR count). The summed E-state index contributed by atoms with van der Waals surface area (Å²) in [5, 5.41) is 11.5. The van der Waals surface area contributed by atoms with Gasteiger partial charge in [0.05, 0.1) is 6.42 Å². The maximum absolute atomic E-state index is 11.9. The third kappa shape index (κ3) is 4.49. The number of carbonyl (C=O) groups excluding carboxylic acids is 1. The molecule has 1 aromatic carbocycles. The number of carboxylic acids is 1. The number of hydrogen-bond acceptors (Lipinski definition) is 2. The molecule has 0 saturated carbocycles. The van der Waals surface area contributed by atoms with Gasteiger partial charge >= 0.3 is 5.97 Å². The van der Waals surface area contributed by atoms with E-state index >= 15 is 0 Å². The third-order valence-electron chi connectivity index (χ3n) is 2.62. The summed E-state index contributed by atoms with van der Waals surface area (Å²) in [6, 6.07) is 6.57. The van der Waals surface area contributed by atoms with Crippen LogP contribution in [0.5, 0.6) is 0 Å². The summed E-state index contributed by atoms with van der Waals surface area (Å²) in [7, 11) is 0. The Kier molecular flexibility index (Phi) is 5.34. The van der Waals surface area contributed by atoms with Crippen molar-refractivity contribution in [1.29, 1.82) is 0 Å². The molecular weight excluding hydrogens is 298 g/mol. The largest absolute Gasteiger partial charge is 0.481 e. The highest BCUT2D eigenvalue weighted by atomic mass is 79.9. The highest BCUT2D eigenvalue weighted by Gasteiger charge is 2.19. The molecule has 0 fully saturated rings. The van der Waals surface area contributed by atoms with Gasteiger partial charge in [-0.15, -0.1) is 0 Å². The van der Waals surface area contributed by atoms with Crippen molar-refractivity contribution in [3.05, 3.63) is 34.3 Å². The van der Waals surface area contributed by atoms with E-state index in [-0.39, 0.29) is 24.3 Å². The molecule has 0 aliphatic rings. The predicted molar refractivity (Wildman–Crippen MR) is 72.5 cm³/mol. The van der Waals surface area contributed by atoms with Crippen molar-refractivity contribution < 1.29 is 14.7 Å². The van der Waals surface area contributed by atoms with Crippen LogP contribution in [0.4, 0.5) is 0 Å². The Morgan fingerprint density at radius 1 is 1.28 bits per heavy atom. The first kappa shape index (κ1) is 14.7. The van der Waals surface area contributed by atoms with Crippen LogP contribution in [0.25, 0.3) is 0 Å². The van der Waals surface area contributed by atoms with Gasteiger partial charge in [0.15, 0.2) is 0 Å². The van der Waals surface area contributed by atoms with Gasteiger partial charge in [-0.3, -0.25) is 9.59 Å². The van der Waals surface area contributed by atoms with Gasteiger partial charge in [0, 0.05) is 16.1 Å². The van der Waals surface area contributed by atoms with Gasteiger partial charge in [0.1, 0.15) is 0 Å². The molecule has 98 valence electrons. The second-order valence-corrected chi connectivity index (χ2v) is 5.34. The van der Waals surface area contributed by atoms with Crippen LogP contribution in [0.15, 0.2) is 28.7 Å². The van der Waals surface area contributed by atoms with Crippen molar-refractivity contribution in [2.24, 2.45) is 5.92 Å². The third-order valence-corrected chi connectivity index (χ3v) is 3.15. The molecule has 0 bridgehead atoms. The summed E-state index contributed by atoms with van der Waals surface area (Å²) < 4.78 is 0.894. The van der Waals surface area contributed by atoms with E-state index in [1.165, 1.54) is 0 Å². The lowest BCUT2D eigenvalue weighted by Gasteiger charge is -2.20. The Bertz CT molecular complexity index is 428. The van der Waals surface area contributed by atoms with E-state index in [4.69, 9.17) is 5.11 Å². The maximum Gasteiger partial charge on any atom is 0.305 e. The van der Waals surface area contributed by atoms with Gasteiger partial charge in [-0.2, -0.15) is 0 Å². The van der Waals surface area contributed by atoms with Gasteiger partial charge in [-0.05, 0) is 30.2 Å². The molecule has 0 heterocycles. The minimum Gasteiger partial charge on any atom is -0.481 e. The van der Waals surface area contributed by atoms with Gasteiger partial charge in [0.2, 0.25) is 0 Å². The molecule has 18 heavy (non-hydrogen) atoms. The molecular formula is C13H16BrNO3. The van der Waals surface area contributed by atoms with Crippen LogP contribution in [-0.4, -0.2) is 23.0 Å². The van der Waals surface area contributed by atoms with Crippen LogP contribution in [-0.2, 0) is 4.79 Å². The molecule has 1 amide bonds. The van der Waals surface area contributed by atoms with Gasteiger partial charge in [-0.1, -0.05) is 29.8 Å².